The Kier molecular flexibility index (Phi) is 5.41. The average Bonchev–Trinajstić information content (AvgIpc) is 2.53. The van der Waals surface area contributed by atoms with Crippen LogP contribution in [0.1, 0.15) is 41.0 Å². The van der Waals surface area contributed by atoms with Gasteiger partial charge in [0.2, 0.25) is 0 Å². The number of aryl methyl sites for hydroxylation is 3. The Labute approximate surface area is 146 Å². The monoisotopic (exact) mass is 342 g/mol. The Balaban J connectivity index is 2.25. The minimum absolute atomic E-state index is 0.0365. The quantitative estimate of drug-likeness (QED) is 0.655. The Hall–Kier alpha value is -2.89. The summed E-state index contributed by atoms with van der Waals surface area (Å²) in [7, 11) is 0. The molecule has 0 aliphatic heterocycles. The fraction of sp³-hybridized carbons (Fsp3) is 0.316. The van der Waals surface area contributed by atoms with Crippen LogP contribution in [0.2, 0.25) is 0 Å². The molecular weight excluding hydrogens is 320 g/mol. The number of aromatic hydroxyl groups is 1. The van der Waals surface area contributed by atoms with Gasteiger partial charge in [0.25, 0.3) is 5.91 Å². The van der Waals surface area contributed by atoms with Gasteiger partial charge in [-0.3, -0.25) is 9.59 Å². The first kappa shape index (κ1) is 18.4. The van der Waals surface area contributed by atoms with Crippen LogP contribution in [0.15, 0.2) is 24.4 Å². The zero-order valence-electron chi connectivity index (χ0n) is 15.0. The van der Waals surface area contributed by atoms with E-state index in [4.69, 9.17) is 4.74 Å². The number of hydrogen-bond acceptors (Lipinski definition) is 5. The highest BCUT2D eigenvalue weighted by Gasteiger charge is 2.17. The molecular formula is C19H22N2O4. The highest BCUT2D eigenvalue weighted by atomic mass is 16.5. The smallest absolute Gasteiger partial charge is 0.313 e. The van der Waals surface area contributed by atoms with E-state index in [-0.39, 0.29) is 23.3 Å². The van der Waals surface area contributed by atoms with Gasteiger partial charge in [0.15, 0.2) is 5.69 Å². The molecule has 2 N–H and O–H groups in total. The summed E-state index contributed by atoms with van der Waals surface area (Å²) < 4.78 is 5.41. The lowest BCUT2D eigenvalue weighted by molar-refractivity contribution is -0.137. The number of aromatic nitrogens is 1. The first-order valence-electron chi connectivity index (χ1n) is 7.99. The van der Waals surface area contributed by atoms with Crippen molar-refractivity contribution in [1.82, 2.24) is 4.98 Å². The Morgan fingerprint density at radius 2 is 1.72 bits per heavy atom. The molecule has 0 saturated carbocycles. The third-order valence-electron chi connectivity index (χ3n) is 3.73. The Morgan fingerprint density at radius 3 is 2.28 bits per heavy atom. The third kappa shape index (κ3) is 4.15. The minimum Gasteiger partial charge on any atom is -0.505 e. The molecule has 132 valence electrons. The summed E-state index contributed by atoms with van der Waals surface area (Å²) in [6.45, 7) is 8.83. The van der Waals surface area contributed by atoms with E-state index in [0.717, 1.165) is 11.1 Å². The van der Waals surface area contributed by atoms with Crippen molar-refractivity contribution in [1.29, 1.82) is 0 Å². The van der Waals surface area contributed by atoms with Gasteiger partial charge in [-0.05, 0) is 55.7 Å². The summed E-state index contributed by atoms with van der Waals surface area (Å²) in [5.74, 6) is -0.693. The van der Waals surface area contributed by atoms with E-state index in [1.54, 1.807) is 52.8 Å². The van der Waals surface area contributed by atoms with Gasteiger partial charge >= 0.3 is 5.97 Å². The van der Waals surface area contributed by atoms with Crippen LogP contribution in [-0.4, -0.2) is 22.0 Å². The number of anilines is 1. The van der Waals surface area contributed by atoms with Crippen LogP contribution in [0, 0.1) is 26.7 Å². The van der Waals surface area contributed by atoms with E-state index in [2.05, 4.69) is 10.3 Å². The van der Waals surface area contributed by atoms with E-state index in [9.17, 15) is 14.7 Å². The van der Waals surface area contributed by atoms with Crippen LogP contribution in [0.5, 0.6) is 11.5 Å². The molecule has 1 amide bonds. The van der Waals surface area contributed by atoms with Crippen molar-refractivity contribution >= 4 is 17.6 Å². The van der Waals surface area contributed by atoms with Crippen molar-refractivity contribution in [2.75, 3.05) is 5.32 Å². The van der Waals surface area contributed by atoms with E-state index >= 15 is 0 Å². The van der Waals surface area contributed by atoms with Gasteiger partial charge in [0, 0.05) is 11.9 Å². The predicted molar refractivity (Wildman–Crippen MR) is 95.0 cm³/mol. The predicted octanol–water partition coefficient (Wildman–Crippen LogP) is 3.53. The number of carbonyl (C=O) groups is 2. The molecule has 1 aromatic carbocycles. The van der Waals surface area contributed by atoms with E-state index < -0.39 is 5.91 Å². The SMILES string of the molecule is Cc1ccnc(C(=O)Nc2cc(C)c(OC(=O)C(C)C)c(C)c2)c1O. The summed E-state index contributed by atoms with van der Waals surface area (Å²) >= 11 is 0. The van der Waals surface area contributed by atoms with Crippen molar-refractivity contribution in [2.45, 2.75) is 34.6 Å². The van der Waals surface area contributed by atoms with Crippen molar-refractivity contribution in [2.24, 2.45) is 5.92 Å². The summed E-state index contributed by atoms with van der Waals surface area (Å²) in [6.07, 6.45) is 1.47. The first-order valence-corrected chi connectivity index (χ1v) is 7.99. The average molecular weight is 342 g/mol. The van der Waals surface area contributed by atoms with Crippen molar-refractivity contribution in [3.8, 4) is 11.5 Å². The minimum atomic E-state index is -0.507. The standard InChI is InChI=1S/C19H22N2O4/c1-10(2)19(24)25-17-12(4)8-14(9-13(17)5)21-18(23)15-16(22)11(3)6-7-20-15/h6-10,22H,1-5H3,(H,21,23). The van der Waals surface area contributed by atoms with Crippen LogP contribution >= 0.6 is 0 Å². The Morgan fingerprint density at radius 1 is 1.12 bits per heavy atom. The lowest BCUT2D eigenvalue weighted by Gasteiger charge is -2.14. The second-order valence-corrected chi connectivity index (χ2v) is 6.29. The number of pyridine rings is 1. The van der Waals surface area contributed by atoms with Gasteiger partial charge in [-0.25, -0.2) is 4.98 Å². The van der Waals surface area contributed by atoms with Crippen LogP contribution in [-0.2, 0) is 4.79 Å². The number of amides is 1. The number of benzene rings is 1. The normalized spacial score (nSPS) is 10.6. The van der Waals surface area contributed by atoms with Gasteiger partial charge < -0.3 is 15.2 Å². The summed E-state index contributed by atoms with van der Waals surface area (Å²) in [5, 5.41) is 12.7. The molecule has 6 heteroatoms. The maximum absolute atomic E-state index is 12.3. The van der Waals surface area contributed by atoms with Gasteiger partial charge in [-0.15, -0.1) is 0 Å². The fourth-order valence-corrected chi connectivity index (χ4v) is 2.31. The summed E-state index contributed by atoms with van der Waals surface area (Å²) in [6, 6.07) is 5.04. The fourth-order valence-electron chi connectivity index (χ4n) is 2.31. The second-order valence-electron chi connectivity index (χ2n) is 6.29. The van der Waals surface area contributed by atoms with Crippen molar-refractivity contribution in [3.63, 3.8) is 0 Å². The number of rotatable bonds is 4. The highest BCUT2D eigenvalue weighted by Crippen LogP contribution is 2.29. The first-order chi connectivity index (χ1) is 11.7. The topological polar surface area (TPSA) is 88.5 Å². The lowest BCUT2D eigenvalue weighted by atomic mass is 10.1. The molecule has 2 aromatic rings. The molecule has 0 radical (unpaired) electrons. The molecule has 1 heterocycles. The van der Waals surface area contributed by atoms with E-state index in [1.807, 2.05) is 0 Å². The molecule has 0 aliphatic rings. The highest BCUT2D eigenvalue weighted by molar-refractivity contribution is 6.05. The number of ether oxygens (including phenoxy) is 1. The molecule has 25 heavy (non-hydrogen) atoms. The molecule has 0 aliphatic carbocycles. The number of nitrogens with one attached hydrogen (secondary N) is 1. The van der Waals surface area contributed by atoms with Gasteiger partial charge in [0.05, 0.1) is 5.92 Å². The van der Waals surface area contributed by atoms with Crippen molar-refractivity contribution < 1.29 is 19.4 Å². The van der Waals surface area contributed by atoms with Crippen LogP contribution in [0.3, 0.4) is 0 Å². The molecule has 0 unspecified atom stereocenters. The summed E-state index contributed by atoms with van der Waals surface area (Å²) in [4.78, 5) is 28.1. The van der Waals surface area contributed by atoms with Gasteiger partial charge in [-0.1, -0.05) is 13.8 Å². The van der Waals surface area contributed by atoms with Crippen LogP contribution in [0.25, 0.3) is 0 Å². The second kappa shape index (κ2) is 7.34. The molecule has 2 rings (SSSR count). The number of esters is 1. The maximum atomic E-state index is 12.3. The van der Waals surface area contributed by atoms with E-state index in [0.29, 0.717) is 17.0 Å². The van der Waals surface area contributed by atoms with Crippen LogP contribution < -0.4 is 10.1 Å². The molecule has 0 atom stereocenters. The van der Waals surface area contributed by atoms with Gasteiger partial charge in [0.1, 0.15) is 11.5 Å². The molecule has 0 fully saturated rings. The molecule has 0 spiro atoms. The van der Waals surface area contributed by atoms with Crippen LogP contribution in [0.4, 0.5) is 5.69 Å². The summed E-state index contributed by atoms with van der Waals surface area (Å²) in [5.41, 5.74) is 2.53. The molecule has 0 bridgehead atoms. The largest absolute Gasteiger partial charge is 0.505 e. The number of carbonyl (C=O) groups excluding carboxylic acids is 2. The maximum Gasteiger partial charge on any atom is 0.313 e. The van der Waals surface area contributed by atoms with Crippen molar-refractivity contribution in [3.05, 3.63) is 46.8 Å². The zero-order valence-corrected chi connectivity index (χ0v) is 15.0. The molecule has 0 saturated heterocycles. The van der Waals surface area contributed by atoms with E-state index in [1.165, 1.54) is 6.20 Å². The molecule has 1 aromatic heterocycles. The van der Waals surface area contributed by atoms with Gasteiger partial charge in [-0.2, -0.15) is 0 Å². The third-order valence-corrected chi connectivity index (χ3v) is 3.73. The lowest BCUT2D eigenvalue weighted by Crippen LogP contribution is -2.17. The number of hydrogen-bond donors (Lipinski definition) is 2. The zero-order chi connectivity index (χ0) is 18.7. The number of nitrogens with zero attached hydrogens (tertiary/aromatic N) is 1. The molecule has 6 nitrogen and oxygen atoms in total. The Bertz CT molecular complexity index is 805.